The maximum Gasteiger partial charge on any atom is 0.253 e. The molecule has 0 radical (unpaired) electrons. The van der Waals surface area contributed by atoms with Crippen molar-refractivity contribution in [3.63, 3.8) is 0 Å². The molecule has 6 heteroatoms. The van der Waals surface area contributed by atoms with E-state index >= 15 is 0 Å². The Bertz CT molecular complexity index is 374. The van der Waals surface area contributed by atoms with Crippen LogP contribution in [0.5, 0.6) is 0 Å². The van der Waals surface area contributed by atoms with Crippen LogP contribution in [0, 0.1) is 5.92 Å². The first-order valence-electron chi connectivity index (χ1n) is 7.94. The monoisotopic (exact) mass is 315 g/mol. The van der Waals surface area contributed by atoms with E-state index < -0.39 is 31.1 Å². The molecule has 1 rings (SSSR count). The SMILES string of the molecule is C=C1CC(C(O)C(=O)NC(CCCC)OCO)OC(C)C1C. The lowest BCUT2D eigenvalue weighted by atomic mass is 9.88. The van der Waals surface area contributed by atoms with Gasteiger partial charge in [-0.2, -0.15) is 0 Å². The Kier molecular flexibility index (Phi) is 8.03. The summed E-state index contributed by atoms with van der Waals surface area (Å²) in [5.74, 6) is -0.337. The highest BCUT2D eigenvalue weighted by molar-refractivity contribution is 5.81. The van der Waals surface area contributed by atoms with E-state index in [0.29, 0.717) is 12.8 Å². The van der Waals surface area contributed by atoms with Gasteiger partial charge in [-0.1, -0.05) is 32.4 Å². The summed E-state index contributed by atoms with van der Waals surface area (Å²) in [5, 5.41) is 21.7. The normalized spacial score (nSPS) is 28.2. The Balaban J connectivity index is 2.57. The van der Waals surface area contributed by atoms with E-state index in [4.69, 9.17) is 14.6 Å². The number of rotatable bonds is 8. The first-order chi connectivity index (χ1) is 10.4. The van der Waals surface area contributed by atoms with Gasteiger partial charge in [-0.3, -0.25) is 4.79 Å². The fourth-order valence-corrected chi connectivity index (χ4v) is 2.49. The highest BCUT2D eigenvalue weighted by atomic mass is 16.6. The van der Waals surface area contributed by atoms with Gasteiger partial charge in [0.15, 0.2) is 6.10 Å². The van der Waals surface area contributed by atoms with Crippen LogP contribution in [-0.4, -0.2) is 47.5 Å². The van der Waals surface area contributed by atoms with Crippen molar-refractivity contribution in [2.75, 3.05) is 6.79 Å². The average molecular weight is 315 g/mol. The van der Waals surface area contributed by atoms with Crippen molar-refractivity contribution in [2.24, 2.45) is 5.92 Å². The molecule has 1 aliphatic rings. The summed E-state index contributed by atoms with van der Waals surface area (Å²) in [6, 6.07) is 0. The molecule has 0 spiro atoms. The Morgan fingerprint density at radius 1 is 1.55 bits per heavy atom. The molecule has 0 aromatic carbocycles. The summed E-state index contributed by atoms with van der Waals surface area (Å²) in [5.41, 5.74) is 0.977. The summed E-state index contributed by atoms with van der Waals surface area (Å²) >= 11 is 0. The zero-order valence-corrected chi connectivity index (χ0v) is 13.7. The van der Waals surface area contributed by atoms with Crippen molar-refractivity contribution in [3.05, 3.63) is 12.2 Å². The van der Waals surface area contributed by atoms with Crippen molar-refractivity contribution in [1.29, 1.82) is 0 Å². The van der Waals surface area contributed by atoms with Crippen molar-refractivity contribution in [3.8, 4) is 0 Å². The maximum absolute atomic E-state index is 12.2. The lowest BCUT2D eigenvalue weighted by molar-refractivity contribution is -0.153. The van der Waals surface area contributed by atoms with E-state index in [2.05, 4.69) is 11.9 Å². The second kappa shape index (κ2) is 9.25. The maximum atomic E-state index is 12.2. The predicted molar refractivity (Wildman–Crippen MR) is 82.9 cm³/mol. The number of unbranched alkanes of at least 4 members (excludes halogenated alkanes) is 1. The average Bonchev–Trinajstić information content (AvgIpc) is 2.49. The van der Waals surface area contributed by atoms with Gasteiger partial charge in [0, 0.05) is 5.92 Å². The Morgan fingerprint density at radius 2 is 2.23 bits per heavy atom. The van der Waals surface area contributed by atoms with Crippen molar-refractivity contribution >= 4 is 5.91 Å². The number of hydrogen-bond acceptors (Lipinski definition) is 5. The molecular weight excluding hydrogens is 286 g/mol. The van der Waals surface area contributed by atoms with Crippen LogP contribution in [0.3, 0.4) is 0 Å². The van der Waals surface area contributed by atoms with Crippen LogP contribution in [0.1, 0.15) is 46.5 Å². The summed E-state index contributed by atoms with van der Waals surface area (Å²) in [7, 11) is 0. The van der Waals surface area contributed by atoms with Crippen LogP contribution in [0.2, 0.25) is 0 Å². The van der Waals surface area contributed by atoms with Crippen LogP contribution in [-0.2, 0) is 14.3 Å². The molecule has 5 unspecified atom stereocenters. The minimum atomic E-state index is -1.28. The largest absolute Gasteiger partial charge is 0.381 e. The van der Waals surface area contributed by atoms with Crippen molar-refractivity contribution < 1.29 is 24.5 Å². The van der Waals surface area contributed by atoms with Gasteiger partial charge >= 0.3 is 0 Å². The Labute approximate surface area is 132 Å². The van der Waals surface area contributed by atoms with E-state index in [9.17, 15) is 9.90 Å². The number of aliphatic hydroxyl groups is 2. The quantitative estimate of drug-likeness (QED) is 0.464. The number of nitrogens with one attached hydrogen (secondary N) is 1. The molecule has 1 fully saturated rings. The molecule has 1 heterocycles. The molecule has 0 aromatic heterocycles. The van der Waals surface area contributed by atoms with Crippen molar-refractivity contribution in [1.82, 2.24) is 5.32 Å². The molecule has 0 aliphatic carbocycles. The molecule has 0 aromatic rings. The molecule has 1 amide bonds. The van der Waals surface area contributed by atoms with Crippen LogP contribution >= 0.6 is 0 Å². The summed E-state index contributed by atoms with van der Waals surface area (Å²) in [4.78, 5) is 12.2. The molecule has 1 saturated heterocycles. The molecule has 6 nitrogen and oxygen atoms in total. The lowest BCUT2D eigenvalue weighted by Crippen LogP contribution is -2.50. The molecule has 1 aliphatic heterocycles. The highest BCUT2D eigenvalue weighted by Crippen LogP contribution is 2.30. The molecular formula is C16H29NO5. The second-order valence-corrected chi connectivity index (χ2v) is 5.91. The van der Waals surface area contributed by atoms with Gasteiger partial charge in [0.2, 0.25) is 0 Å². The van der Waals surface area contributed by atoms with E-state index in [0.717, 1.165) is 18.4 Å². The minimum absolute atomic E-state index is 0.0849. The second-order valence-electron chi connectivity index (χ2n) is 5.91. The van der Waals surface area contributed by atoms with Crippen LogP contribution in [0.25, 0.3) is 0 Å². The zero-order chi connectivity index (χ0) is 16.7. The minimum Gasteiger partial charge on any atom is -0.381 e. The number of carbonyl (C=O) groups excluding carboxylic acids is 1. The molecule has 22 heavy (non-hydrogen) atoms. The lowest BCUT2D eigenvalue weighted by Gasteiger charge is -2.36. The van der Waals surface area contributed by atoms with Crippen LogP contribution < -0.4 is 5.32 Å². The smallest absolute Gasteiger partial charge is 0.253 e. The van der Waals surface area contributed by atoms with Gasteiger partial charge in [-0.05, 0) is 26.2 Å². The van der Waals surface area contributed by atoms with Crippen LogP contribution in [0.4, 0.5) is 0 Å². The predicted octanol–water partition coefficient (Wildman–Crippen LogP) is 1.32. The molecule has 128 valence electrons. The number of amides is 1. The molecule has 5 atom stereocenters. The standard InChI is InChI=1S/C16H29NO5/c1-5-6-7-14(21-9-18)17-16(20)15(19)13-8-10(2)11(3)12(4)22-13/h11-15,18-19H,2,5-9H2,1,3-4H3,(H,17,20). The molecule has 0 saturated carbocycles. The third-order valence-electron chi connectivity index (χ3n) is 4.22. The number of carbonyl (C=O) groups is 1. The van der Waals surface area contributed by atoms with E-state index in [-0.39, 0.29) is 12.0 Å². The Hall–Kier alpha value is -0.950. The van der Waals surface area contributed by atoms with Crippen molar-refractivity contribution in [2.45, 2.75) is 71.0 Å². The fourth-order valence-electron chi connectivity index (χ4n) is 2.49. The van der Waals surface area contributed by atoms with Gasteiger partial charge in [0.05, 0.1) is 12.2 Å². The number of aliphatic hydroxyl groups excluding tert-OH is 2. The van der Waals surface area contributed by atoms with Gasteiger partial charge in [0.1, 0.15) is 13.0 Å². The first-order valence-corrected chi connectivity index (χ1v) is 7.94. The first kappa shape index (κ1) is 19.1. The zero-order valence-electron chi connectivity index (χ0n) is 13.7. The van der Waals surface area contributed by atoms with Gasteiger partial charge in [0.25, 0.3) is 5.91 Å². The topological polar surface area (TPSA) is 88.0 Å². The van der Waals surface area contributed by atoms with Gasteiger partial charge in [-0.15, -0.1) is 0 Å². The summed E-state index contributed by atoms with van der Waals surface area (Å²) < 4.78 is 10.8. The van der Waals surface area contributed by atoms with E-state index in [1.165, 1.54) is 0 Å². The van der Waals surface area contributed by atoms with Crippen LogP contribution in [0.15, 0.2) is 12.2 Å². The van der Waals surface area contributed by atoms with E-state index in [1.807, 2.05) is 20.8 Å². The van der Waals surface area contributed by atoms with E-state index in [1.54, 1.807) is 0 Å². The highest BCUT2D eigenvalue weighted by Gasteiger charge is 2.36. The number of hydrogen-bond donors (Lipinski definition) is 3. The molecule has 3 N–H and O–H groups in total. The number of ether oxygens (including phenoxy) is 2. The third-order valence-corrected chi connectivity index (χ3v) is 4.22. The van der Waals surface area contributed by atoms with Gasteiger partial charge < -0.3 is 25.0 Å². The summed E-state index contributed by atoms with van der Waals surface area (Å²) in [6.07, 6.45) is 0.282. The third kappa shape index (κ3) is 5.35. The Morgan fingerprint density at radius 3 is 2.77 bits per heavy atom. The molecule has 0 bridgehead atoms. The van der Waals surface area contributed by atoms with Gasteiger partial charge in [-0.25, -0.2) is 0 Å². The summed E-state index contributed by atoms with van der Waals surface area (Å²) in [6.45, 7) is 9.46. The fraction of sp³-hybridized carbons (Fsp3) is 0.812.